The van der Waals surface area contributed by atoms with E-state index in [1.165, 1.54) is 0 Å². The van der Waals surface area contributed by atoms with Crippen molar-refractivity contribution in [2.45, 2.75) is 39.7 Å². The van der Waals surface area contributed by atoms with Gasteiger partial charge in [0, 0.05) is 17.2 Å². The van der Waals surface area contributed by atoms with Crippen LogP contribution in [0, 0.1) is 5.92 Å². The van der Waals surface area contributed by atoms with Gasteiger partial charge in [0.05, 0.1) is 0 Å². The van der Waals surface area contributed by atoms with E-state index in [0.29, 0.717) is 17.0 Å². The molecule has 1 atom stereocenters. The summed E-state index contributed by atoms with van der Waals surface area (Å²) in [6.45, 7) is 6.33. The number of primary amides is 1. The third-order valence-corrected chi connectivity index (χ3v) is 2.99. The second-order valence-corrected chi connectivity index (χ2v) is 5.29. The van der Waals surface area contributed by atoms with E-state index in [0.717, 1.165) is 12.8 Å². The summed E-state index contributed by atoms with van der Waals surface area (Å²) in [6, 6.07) is 6.51. The van der Waals surface area contributed by atoms with Crippen molar-refractivity contribution in [3.63, 3.8) is 0 Å². The molecule has 0 aromatic heterocycles. The molecule has 19 heavy (non-hydrogen) atoms. The Labute approximate surface area is 114 Å². The first-order chi connectivity index (χ1) is 8.90. The van der Waals surface area contributed by atoms with Gasteiger partial charge in [-0.2, -0.15) is 0 Å². The molecule has 1 aromatic carbocycles. The second kappa shape index (κ2) is 6.92. The lowest BCUT2D eigenvalue weighted by atomic mass is 10.0. The number of hydrogen-bond donors (Lipinski definition) is 2. The van der Waals surface area contributed by atoms with E-state index in [4.69, 9.17) is 5.73 Å². The monoisotopic (exact) mass is 262 g/mol. The van der Waals surface area contributed by atoms with E-state index in [9.17, 15) is 9.59 Å². The number of rotatable bonds is 6. The van der Waals surface area contributed by atoms with Gasteiger partial charge in [-0.1, -0.05) is 13.8 Å². The third kappa shape index (κ3) is 5.12. The van der Waals surface area contributed by atoms with Crippen LogP contribution in [0.4, 0.5) is 0 Å². The van der Waals surface area contributed by atoms with Gasteiger partial charge in [0.1, 0.15) is 0 Å². The van der Waals surface area contributed by atoms with Crippen molar-refractivity contribution >= 4 is 11.8 Å². The molecular formula is C15H22N2O2. The van der Waals surface area contributed by atoms with Crippen molar-refractivity contribution in [2.24, 2.45) is 11.7 Å². The van der Waals surface area contributed by atoms with Crippen LogP contribution in [0.2, 0.25) is 0 Å². The summed E-state index contributed by atoms with van der Waals surface area (Å²) in [5.41, 5.74) is 6.10. The molecule has 4 nitrogen and oxygen atoms in total. The summed E-state index contributed by atoms with van der Waals surface area (Å²) in [5, 5.41) is 2.95. The Hall–Kier alpha value is -1.84. The minimum absolute atomic E-state index is 0.118. The lowest BCUT2D eigenvalue weighted by molar-refractivity contribution is 0.0935. The molecule has 0 heterocycles. The van der Waals surface area contributed by atoms with E-state index in [1.807, 2.05) is 6.92 Å². The normalized spacial score (nSPS) is 12.2. The molecular weight excluding hydrogens is 240 g/mol. The molecule has 0 saturated carbocycles. The number of nitrogens with two attached hydrogens (primary N) is 1. The quantitative estimate of drug-likeness (QED) is 0.826. The minimum atomic E-state index is -0.489. The fourth-order valence-corrected chi connectivity index (χ4v) is 1.75. The average Bonchev–Trinajstić information content (AvgIpc) is 2.36. The van der Waals surface area contributed by atoms with Crippen LogP contribution in [0.5, 0.6) is 0 Å². The van der Waals surface area contributed by atoms with E-state index >= 15 is 0 Å². The molecule has 0 aliphatic carbocycles. The molecule has 4 heteroatoms. The van der Waals surface area contributed by atoms with Crippen LogP contribution in [0.1, 0.15) is 54.3 Å². The maximum Gasteiger partial charge on any atom is 0.251 e. The number of hydrogen-bond acceptors (Lipinski definition) is 2. The van der Waals surface area contributed by atoms with Gasteiger partial charge < -0.3 is 11.1 Å². The lowest BCUT2D eigenvalue weighted by Crippen LogP contribution is -2.32. The van der Waals surface area contributed by atoms with Gasteiger partial charge in [-0.15, -0.1) is 0 Å². The van der Waals surface area contributed by atoms with Crippen LogP contribution in [-0.4, -0.2) is 17.9 Å². The maximum absolute atomic E-state index is 12.0. The molecule has 0 spiro atoms. The molecule has 104 valence electrons. The molecule has 1 rings (SSSR count). The standard InChI is InChI=1S/C15H22N2O2/c1-10(2)4-5-11(3)17-15(19)13-8-6-12(7-9-13)14(16)18/h6-11H,4-5H2,1-3H3,(H2,16,18)(H,17,19). The highest BCUT2D eigenvalue weighted by Gasteiger charge is 2.10. The smallest absolute Gasteiger partial charge is 0.251 e. The predicted octanol–water partition coefficient (Wildman–Crippen LogP) is 2.34. The van der Waals surface area contributed by atoms with Crippen LogP contribution in [-0.2, 0) is 0 Å². The molecule has 1 unspecified atom stereocenters. The maximum atomic E-state index is 12.0. The molecule has 3 N–H and O–H groups in total. The first-order valence-electron chi connectivity index (χ1n) is 6.61. The summed E-state index contributed by atoms with van der Waals surface area (Å²) in [4.78, 5) is 22.9. The Balaban J connectivity index is 2.55. The van der Waals surface area contributed by atoms with Crippen molar-refractivity contribution in [2.75, 3.05) is 0 Å². The van der Waals surface area contributed by atoms with Gasteiger partial charge in [0.25, 0.3) is 5.91 Å². The molecule has 0 radical (unpaired) electrons. The largest absolute Gasteiger partial charge is 0.366 e. The summed E-state index contributed by atoms with van der Waals surface area (Å²) in [5.74, 6) is 0.0266. The van der Waals surface area contributed by atoms with Crippen LogP contribution < -0.4 is 11.1 Å². The Morgan fingerprint density at radius 1 is 1.05 bits per heavy atom. The van der Waals surface area contributed by atoms with Crippen LogP contribution >= 0.6 is 0 Å². The highest BCUT2D eigenvalue weighted by molar-refractivity contribution is 5.97. The average molecular weight is 262 g/mol. The second-order valence-electron chi connectivity index (χ2n) is 5.29. The summed E-state index contributed by atoms with van der Waals surface area (Å²) in [7, 11) is 0. The van der Waals surface area contributed by atoms with Crippen molar-refractivity contribution in [1.29, 1.82) is 0 Å². The summed E-state index contributed by atoms with van der Waals surface area (Å²) in [6.07, 6.45) is 2.05. The van der Waals surface area contributed by atoms with Gasteiger partial charge in [-0.25, -0.2) is 0 Å². The van der Waals surface area contributed by atoms with Gasteiger partial charge in [-0.05, 0) is 49.9 Å². The fourth-order valence-electron chi connectivity index (χ4n) is 1.75. The van der Waals surface area contributed by atoms with Gasteiger partial charge >= 0.3 is 0 Å². The third-order valence-electron chi connectivity index (χ3n) is 2.99. The number of carbonyl (C=O) groups is 2. The Kier molecular flexibility index (Phi) is 5.55. The molecule has 2 amide bonds. The van der Waals surface area contributed by atoms with Crippen LogP contribution in [0.15, 0.2) is 24.3 Å². The Morgan fingerprint density at radius 3 is 2.05 bits per heavy atom. The lowest BCUT2D eigenvalue weighted by Gasteiger charge is -2.15. The highest BCUT2D eigenvalue weighted by atomic mass is 16.2. The van der Waals surface area contributed by atoms with Gasteiger partial charge in [-0.3, -0.25) is 9.59 Å². The fraction of sp³-hybridized carbons (Fsp3) is 0.467. The Bertz CT molecular complexity index is 438. The zero-order valence-electron chi connectivity index (χ0n) is 11.8. The SMILES string of the molecule is CC(C)CCC(C)NC(=O)c1ccc(C(N)=O)cc1. The van der Waals surface area contributed by atoms with Crippen LogP contribution in [0.25, 0.3) is 0 Å². The van der Waals surface area contributed by atoms with E-state index in [-0.39, 0.29) is 11.9 Å². The first kappa shape index (κ1) is 15.2. The van der Waals surface area contributed by atoms with Crippen LogP contribution in [0.3, 0.4) is 0 Å². The van der Waals surface area contributed by atoms with E-state index in [2.05, 4.69) is 19.2 Å². The van der Waals surface area contributed by atoms with E-state index < -0.39 is 5.91 Å². The van der Waals surface area contributed by atoms with Crippen molar-refractivity contribution in [3.8, 4) is 0 Å². The molecule has 0 fully saturated rings. The molecule has 0 aliphatic rings. The zero-order chi connectivity index (χ0) is 14.4. The highest BCUT2D eigenvalue weighted by Crippen LogP contribution is 2.08. The topological polar surface area (TPSA) is 72.2 Å². The van der Waals surface area contributed by atoms with Crippen molar-refractivity contribution < 1.29 is 9.59 Å². The molecule has 1 aromatic rings. The zero-order valence-corrected chi connectivity index (χ0v) is 11.8. The van der Waals surface area contributed by atoms with E-state index in [1.54, 1.807) is 24.3 Å². The Morgan fingerprint density at radius 2 is 1.58 bits per heavy atom. The van der Waals surface area contributed by atoms with Crippen molar-refractivity contribution in [3.05, 3.63) is 35.4 Å². The first-order valence-corrected chi connectivity index (χ1v) is 6.61. The number of carbonyl (C=O) groups excluding carboxylic acids is 2. The predicted molar refractivity (Wildman–Crippen MR) is 76.0 cm³/mol. The summed E-state index contributed by atoms with van der Waals surface area (Å²) < 4.78 is 0. The molecule has 0 bridgehead atoms. The molecule has 0 saturated heterocycles. The minimum Gasteiger partial charge on any atom is -0.366 e. The van der Waals surface area contributed by atoms with Gasteiger partial charge in [0.2, 0.25) is 5.91 Å². The molecule has 0 aliphatic heterocycles. The number of amides is 2. The number of benzene rings is 1. The summed E-state index contributed by atoms with van der Waals surface area (Å²) >= 11 is 0. The number of nitrogens with one attached hydrogen (secondary N) is 1. The van der Waals surface area contributed by atoms with Gasteiger partial charge in [0.15, 0.2) is 0 Å². The van der Waals surface area contributed by atoms with Crippen molar-refractivity contribution in [1.82, 2.24) is 5.32 Å².